The van der Waals surface area contributed by atoms with E-state index in [4.69, 9.17) is 9.16 Å². The van der Waals surface area contributed by atoms with Gasteiger partial charge in [-0.2, -0.15) is 0 Å². The lowest BCUT2D eigenvalue weighted by Gasteiger charge is -2.40. The molecule has 0 bridgehead atoms. The van der Waals surface area contributed by atoms with Gasteiger partial charge in [0.15, 0.2) is 0 Å². The Bertz CT molecular complexity index is 888. The number of hydrogen-bond acceptors (Lipinski definition) is 2. The number of benzene rings is 2. The van der Waals surface area contributed by atoms with Gasteiger partial charge >= 0.3 is 0 Å². The molecule has 152 valence electrons. The van der Waals surface area contributed by atoms with Crippen molar-refractivity contribution < 1.29 is 9.16 Å². The second kappa shape index (κ2) is 6.95. The van der Waals surface area contributed by atoms with Crippen LogP contribution in [-0.2, 0) is 12.0 Å². The monoisotopic (exact) mass is 396 g/mol. The van der Waals surface area contributed by atoms with Crippen LogP contribution in [0.4, 0.5) is 0 Å². The molecule has 1 aliphatic rings. The fourth-order valence-electron chi connectivity index (χ4n) is 3.65. The Hall–Kier alpha value is -1.74. The number of rotatable bonds is 4. The normalized spacial score (nSPS) is 15.5. The van der Waals surface area contributed by atoms with Crippen LogP contribution in [0.15, 0.2) is 30.3 Å². The van der Waals surface area contributed by atoms with Crippen LogP contribution < -0.4 is 9.16 Å². The summed E-state index contributed by atoms with van der Waals surface area (Å²) in [7, 11) is -1.98. The van der Waals surface area contributed by atoms with E-state index < -0.39 is 8.32 Å². The van der Waals surface area contributed by atoms with E-state index >= 15 is 0 Å². The first-order valence-electron chi connectivity index (χ1n) is 10.5. The summed E-state index contributed by atoms with van der Waals surface area (Å²) in [6, 6.07) is 11.2. The molecule has 3 rings (SSSR count). The van der Waals surface area contributed by atoms with E-state index in [0.29, 0.717) is 0 Å². The molecule has 0 fully saturated rings. The molecule has 0 radical (unpaired) electrons. The SMILES string of the molecule is CCCc1cc2c(c(O[Si](C)(C)C(C)(C)C)c1)-c1cc(C)ccc1C(C)(C)O2. The highest BCUT2D eigenvalue weighted by molar-refractivity contribution is 6.74. The molecule has 28 heavy (non-hydrogen) atoms. The van der Waals surface area contributed by atoms with Crippen molar-refractivity contribution in [1.29, 1.82) is 0 Å². The third-order valence-corrected chi connectivity index (χ3v) is 10.6. The Morgan fingerprint density at radius 2 is 1.75 bits per heavy atom. The second-order valence-corrected chi connectivity index (χ2v) is 15.0. The number of fused-ring (bicyclic) bond motifs is 3. The van der Waals surface area contributed by atoms with Crippen molar-refractivity contribution in [2.24, 2.45) is 0 Å². The lowest BCUT2D eigenvalue weighted by Crippen LogP contribution is -2.44. The van der Waals surface area contributed by atoms with Gasteiger partial charge in [-0.05, 0) is 68.6 Å². The summed E-state index contributed by atoms with van der Waals surface area (Å²) in [6.07, 6.45) is 2.14. The largest absolute Gasteiger partial charge is 0.543 e. The van der Waals surface area contributed by atoms with Gasteiger partial charge in [-0.1, -0.05) is 57.9 Å². The quantitative estimate of drug-likeness (QED) is 0.495. The predicted molar refractivity (Wildman–Crippen MR) is 122 cm³/mol. The Morgan fingerprint density at radius 1 is 1.07 bits per heavy atom. The van der Waals surface area contributed by atoms with E-state index in [1.54, 1.807) is 0 Å². The molecule has 0 saturated carbocycles. The predicted octanol–water partition coefficient (Wildman–Crippen LogP) is 7.63. The summed E-state index contributed by atoms with van der Waals surface area (Å²) in [4.78, 5) is 0. The van der Waals surface area contributed by atoms with Crippen molar-refractivity contribution in [2.75, 3.05) is 0 Å². The van der Waals surface area contributed by atoms with Crippen LogP contribution >= 0.6 is 0 Å². The topological polar surface area (TPSA) is 18.5 Å². The molecule has 0 saturated heterocycles. The van der Waals surface area contributed by atoms with Gasteiger partial charge in [-0.15, -0.1) is 0 Å². The van der Waals surface area contributed by atoms with Gasteiger partial charge < -0.3 is 9.16 Å². The average Bonchev–Trinajstić information content (AvgIpc) is 2.52. The lowest BCUT2D eigenvalue weighted by atomic mass is 9.84. The summed E-state index contributed by atoms with van der Waals surface area (Å²) in [5, 5.41) is 0.144. The molecular formula is C25H36O2Si. The zero-order valence-corrected chi connectivity index (χ0v) is 20.1. The fraction of sp³-hybridized carbons (Fsp3) is 0.520. The van der Waals surface area contributed by atoms with Crippen LogP contribution in [0.5, 0.6) is 11.5 Å². The Kier molecular flexibility index (Phi) is 5.20. The molecule has 2 aromatic carbocycles. The Labute approximate surface area is 172 Å². The molecule has 0 aromatic heterocycles. The molecule has 1 aliphatic heterocycles. The smallest absolute Gasteiger partial charge is 0.250 e. The van der Waals surface area contributed by atoms with E-state index in [-0.39, 0.29) is 10.6 Å². The third-order valence-electron chi connectivity index (χ3n) is 6.29. The van der Waals surface area contributed by atoms with E-state index in [2.05, 4.69) is 91.9 Å². The van der Waals surface area contributed by atoms with Crippen LogP contribution in [0, 0.1) is 6.92 Å². The average molecular weight is 397 g/mol. The molecule has 0 amide bonds. The van der Waals surface area contributed by atoms with Crippen LogP contribution in [0.3, 0.4) is 0 Å². The zero-order valence-electron chi connectivity index (χ0n) is 19.1. The molecule has 1 heterocycles. The van der Waals surface area contributed by atoms with Gasteiger partial charge in [0.25, 0.3) is 8.32 Å². The summed E-state index contributed by atoms with van der Waals surface area (Å²) >= 11 is 0. The summed E-state index contributed by atoms with van der Waals surface area (Å²) < 4.78 is 13.4. The molecule has 0 N–H and O–H groups in total. The Morgan fingerprint density at radius 3 is 2.36 bits per heavy atom. The van der Waals surface area contributed by atoms with Gasteiger partial charge in [-0.25, -0.2) is 0 Å². The summed E-state index contributed by atoms with van der Waals surface area (Å²) in [6.45, 7) is 20.2. The Balaban J connectivity index is 2.26. The molecule has 0 unspecified atom stereocenters. The maximum atomic E-state index is 6.88. The van der Waals surface area contributed by atoms with Gasteiger partial charge in [0.05, 0.1) is 5.56 Å². The molecule has 2 nitrogen and oxygen atoms in total. The van der Waals surface area contributed by atoms with Crippen LogP contribution in [0.25, 0.3) is 11.1 Å². The number of aryl methyl sites for hydroxylation is 2. The number of hydrogen-bond donors (Lipinski definition) is 0. The van der Waals surface area contributed by atoms with E-state index in [9.17, 15) is 0 Å². The minimum atomic E-state index is -1.98. The van der Waals surface area contributed by atoms with Crippen LogP contribution in [-0.4, -0.2) is 8.32 Å². The first kappa shape index (κ1) is 21.0. The lowest BCUT2D eigenvalue weighted by molar-refractivity contribution is 0.105. The molecular weight excluding hydrogens is 360 g/mol. The number of ether oxygens (including phenoxy) is 1. The zero-order chi connectivity index (χ0) is 20.9. The van der Waals surface area contributed by atoms with Crippen molar-refractivity contribution in [1.82, 2.24) is 0 Å². The standard InChI is InChI=1S/C25H36O2Si/c1-10-11-18-15-21-23(22(16-18)27-28(8,9)24(3,4)5)19-14-17(2)12-13-20(19)25(6,7)26-21/h12-16H,10-11H2,1-9H3. The van der Waals surface area contributed by atoms with Crippen molar-refractivity contribution >= 4 is 8.32 Å². The fourth-order valence-corrected chi connectivity index (χ4v) is 4.67. The molecule has 2 aromatic rings. The summed E-state index contributed by atoms with van der Waals surface area (Å²) in [5.74, 6) is 1.96. The maximum absolute atomic E-state index is 6.88. The highest BCUT2D eigenvalue weighted by atomic mass is 28.4. The van der Waals surface area contributed by atoms with Crippen molar-refractivity contribution in [2.45, 2.75) is 85.0 Å². The maximum Gasteiger partial charge on any atom is 0.250 e. The third kappa shape index (κ3) is 3.74. The minimum absolute atomic E-state index is 0.144. The first-order chi connectivity index (χ1) is 12.9. The minimum Gasteiger partial charge on any atom is -0.543 e. The van der Waals surface area contributed by atoms with Crippen molar-refractivity contribution in [3.8, 4) is 22.6 Å². The van der Waals surface area contributed by atoms with Gasteiger partial charge in [-0.3, -0.25) is 0 Å². The molecule has 0 aliphatic carbocycles. The highest BCUT2D eigenvalue weighted by Crippen LogP contribution is 2.51. The highest BCUT2D eigenvalue weighted by Gasteiger charge is 2.41. The van der Waals surface area contributed by atoms with Crippen LogP contribution in [0.2, 0.25) is 18.1 Å². The molecule has 0 spiro atoms. The van der Waals surface area contributed by atoms with E-state index in [0.717, 1.165) is 29.9 Å². The van der Waals surface area contributed by atoms with Gasteiger partial charge in [0.1, 0.15) is 17.1 Å². The first-order valence-corrected chi connectivity index (χ1v) is 13.4. The van der Waals surface area contributed by atoms with E-state index in [1.165, 1.54) is 22.3 Å². The molecule has 0 atom stereocenters. The van der Waals surface area contributed by atoms with Crippen molar-refractivity contribution in [3.63, 3.8) is 0 Å². The van der Waals surface area contributed by atoms with Crippen molar-refractivity contribution in [3.05, 3.63) is 47.0 Å². The van der Waals surface area contributed by atoms with Gasteiger partial charge in [0.2, 0.25) is 0 Å². The summed E-state index contributed by atoms with van der Waals surface area (Å²) in [5.41, 5.74) is 5.81. The molecule has 3 heteroatoms. The van der Waals surface area contributed by atoms with E-state index in [1.807, 2.05) is 0 Å². The second-order valence-electron chi connectivity index (χ2n) is 10.2. The van der Waals surface area contributed by atoms with Gasteiger partial charge in [0, 0.05) is 5.56 Å². The van der Waals surface area contributed by atoms with Crippen LogP contribution in [0.1, 0.15) is 64.7 Å².